The molecule has 0 bridgehead atoms. The maximum Gasteiger partial charge on any atom is 0.274 e. The molecule has 152 valence electrons. The Morgan fingerprint density at radius 1 is 1.34 bits per heavy atom. The molecular weight excluding hydrogens is 368 g/mol. The minimum atomic E-state index is -0.0447. The maximum absolute atomic E-state index is 12.8. The summed E-state index contributed by atoms with van der Waals surface area (Å²) >= 11 is 0. The van der Waals surface area contributed by atoms with Gasteiger partial charge in [-0.05, 0) is 31.9 Å². The van der Waals surface area contributed by atoms with E-state index < -0.39 is 0 Å². The number of anilines is 1. The van der Waals surface area contributed by atoms with Gasteiger partial charge in [-0.2, -0.15) is 10.4 Å². The van der Waals surface area contributed by atoms with Crippen LogP contribution in [0.1, 0.15) is 45.8 Å². The Balaban J connectivity index is 1.45. The van der Waals surface area contributed by atoms with Gasteiger partial charge in [0.1, 0.15) is 11.9 Å². The smallest absolute Gasteiger partial charge is 0.274 e. The van der Waals surface area contributed by atoms with Crippen molar-refractivity contribution in [1.82, 2.24) is 19.7 Å². The lowest BCUT2D eigenvalue weighted by Crippen LogP contribution is -2.46. The fourth-order valence-electron chi connectivity index (χ4n) is 4.07. The van der Waals surface area contributed by atoms with Gasteiger partial charge in [-0.25, -0.2) is 4.98 Å². The molecule has 2 aliphatic heterocycles. The van der Waals surface area contributed by atoms with Crippen molar-refractivity contribution in [2.45, 2.75) is 38.8 Å². The molecule has 0 aromatic carbocycles. The van der Waals surface area contributed by atoms with Gasteiger partial charge in [-0.1, -0.05) is 0 Å². The normalized spacial score (nSPS) is 17.0. The monoisotopic (exact) mass is 394 g/mol. The molecule has 2 aromatic heterocycles. The molecule has 0 N–H and O–H groups in total. The molecule has 4 rings (SSSR count). The van der Waals surface area contributed by atoms with E-state index in [1.807, 2.05) is 38.1 Å². The van der Waals surface area contributed by atoms with Gasteiger partial charge in [0.25, 0.3) is 5.91 Å². The van der Waals surface area contributed by atoms with E-state index in [0.29, 0.717) is 24.5 Å². The number of nitriles is 1. The van der Waals surface area contributed by atoms with Crippen LogP contribution in [0.15, 0.2) is 12.1 Å². The van der Waals surface area contributed by atoms with Crippen LogP contribution in [-0.2, 0) is 24.8 Å². The predicted octanol–water partition coefficient (Wildman–Crippen LogP) is 1.81. The van der Waals surface area contributed by atoms with Crippen molar-refractivity contribution in [3.05, 3.63) is 40.3 Å². The van der Waals surface area contributed by atoms with Gasteiger partial charge in [-0.3, -0.25) is 9.48 Å². The van der Waals surface area contributed by atoms with E-state index in [1.54, 1.807) is 4.68 Å². The zero-order valence-corrected chi connectivity index (χ0v) is 17.2. The molecule has 0 aliphatic carbocycles. The Morgan fingerprint density at radius 3 is 2.76 bits per heavy atom. The van der Waals surface area contributed by atoms with Gasteiger partial charge < -0.3 is 14.5 Å². The number of piperidine rings is 1. The summed E-state index contributed by atoms with van der Waals surface area (Å²) in [7, 11) is 3.69. The summed E-state index contributed by atoms with van der Waals surface area (Å²) in [5.41, 5.74) is 4.10. The number of aromatic nitrogens is 3. The highest BCUT2D eigenvalue weighted by atomic mass is 16.5. The van der Waals surface area contributed by atoms with Crippen molar-refractivity contribution in [2.75, 3.05) is 31.6 Å². The molecule has 0 atom stereocenters. The number of pyridine rings is 1. The van der Waals surface area contributed by atoms with Crippen LogP contribution in [-0.4, -0.2) is 58.4 Å². The van der Waals surface area contributed by atoms with E-state index in [-0.39, 0.29) is 11.9 Å². The predicted molar refractivity (Wildman–Crippen MR) is 108 cm³/mol. The van der Waals surface area contributed by atoms with Crippen LogP contribution in [0, 0.1) is 18.3 Å². The molecule has 1 amide bonds. The van der Waals surface area contributed by atoms with Crippen LogP contribution in [0.2, 0.25) is 0 Å². The molecule has 2 aliphatic rings. The molecule has 8 nitrogen and oxygen atoms in total. The first-order chi connectivity index (χ1) is 14.0. The standard InChI is InChI=1S/C21H26N6O2/c1-14-10-19(24-26(14)3)21(28)25(2)17-4-7-27(8-5-17)20-15(12-22)11-16-13-29-9-6-18(16)23-20/h10-11,17H,4-9,13H2,1-3H3. The van der Waals surface area contributed by atoms with Crippen LogP contribution in [0.5, 0.6) is 0 Å². The maximum atomic E-state index is 12.8. The molecule has 8 heteroatoms. The lowest BCUT2D eigenvalue weighted by atomic mass is 10.0. The first-order valence-corrected chi connectivity index (χ1v) is 10.0. The zero-order valence-electron chi connectivity index (χ0n) is 17.2. The second-order valence-corrected chi connectivity index (χ2v) is 7.81. The Kier molecular flexibility index (Phi) is 5.24. The number of nitrogens with zero attached hydrogens (tertiary/aromatic N) is 6. The highest BCUT2D eigenvalue weighted by molar-refractivity contribution is 5.92. The van der Waals surface area contributed by atoms with Crippen LogP contribution >= 0.6 is 0 Å². The Labute approximate surface area is 170 Å². The summed E-state index contributed by atoms with van der Waals surface area (Å²) in [6.45, 7) is 4.67. The molecule has 0 spiro atoms. The quantitative estimate of drug-likeness (QED) is 0.789. The summed E-state index contributed by atoms with van der Waals surface area (Å²) in [6.07, 6.45) is 2.45. The zero-order chi connectivity index (χ0) is 20.5. The van der Waals surface area contributed by atoms with Gasteiger partial charge >= 0.3 is 0 Å². The number of aryl methyl sites for hydroxylation is 2. The van der Waals surface area contributed by atoms with Gasteiger partial charge in [-0.15, -0.1) is 0 Å². The van der Waals surface area contributed by atoms with Crippen LogP contribution in [0.4, 0.5) is 5.82 Å². The number of hydrogen-bond donors (Lipinski definition) is 0. The molecule has 29 heavy (non-hydrogen) atoms. The number of carbonyl (C=O) groups is 1. The largest absolute Gasteiger partial charge is 0.376 e. The topological polar surface area (TPSA) is 87.3 Å². The second-order valence-electron chi connectivity index (χ2n) is 7.81. The fourth-order valence-corrected chi connectivity index (χ4v) is 4.07. The number of rotatable bonds is 3. The third-order valence-corrected chi connectivity index (χ3v) is 6.00. The first-order valence-electron chi connectivity index (χ1n) is 10.0. The number of fused-ring (bicyclic) bond motifs is 1. The molecule has 0 radical (unpaired) electrons. The highest BCUT2D eigenvalue weighted by Gasteiger charge is 2.29. The molecule has 1 saturated heterocycles. The van der Waals surface area contributed by atoms with E-state index >= 15 is 0 Å². The Bertz CT molecular complexity index is 949. The SMILES string of the molecule is Cc1cc(C(=O)N(C)C2CCN(c3nc4c(cc3C#N)COCC4)CC2)nn1C. The van der Waals surface area contributed by atoms with E-state index in [9.17, 15) is 10.1 Å². The van der Waals surface area contributed by atoms with Crippen LogP contribution in [0.3, 0.4) is 0 Å². The molecule has 1 fully saturated rings. The van der Waals surface area contributed by atoms with E-state index in [1.165, 1.54) is 0 Å². The Morgan fingerprint density at radius 2 is 2.10 bits per heavy atom. The lowest BCUT2D eigenvalue weighted by Gasteiger charge is -2.37. The van der Waals surface area contributed by atoms with E-state index in [0.717, 1.165) is 55.1 Å². The number of amides is 1. The summed E-state index contributed by atoms with van der Waals surface area (Å²) in [6, 6.07) is 6.19. The van der Waals surface area contributed by atoms with Gasteiger partial charge in [0.05, 0.1) is 24.5 Å². The van der Waals surface area contributed by atoms with Crippen molar-refractivity contribution < 1.29 is 9.53 Å². The second kappa shape index (κ2) is 7.84. The lowest BCUT2D eigenvalue weighted by molar-refractivity contribution is 0.0702. The molecule has 2 aromatic rings. The number of carbonyl (C=O) groups excluding carboxylic acids is 1. The van der Waals surface area contributed by atoms with Crippen molar-refractivity contribution in [2.24, 2.45) is 7.05 Å². The summed E-state index contributed by atoms with van der Waals surface area (Å²) in [4.78, 5) is 21.6. The fraction of sp³-hybridized carbons (Fsp3) is 0.524. The van der Waals surface area contributed by atoms with Crippen molar-refractivity contribution >= 4 is 11.7 Å². The van der Waals surface area contributed by atoms with Crippen molar-refractivity contribution in [3.63, 3.8) is 0 Å². The number of ether oxygens (including phenoxy) is 1. The minimum Gasteiger partial charge on any atom is -0.376 e. The average Bonchev–Trinajstić information content (AvgIpc) is 3.10. The minimum absolute atomic E-state index is 0.0447. The molecule has 0 saturated carbocycles. The summed E-state index contributed by atoms with van der Waals surface area (Å²) in [5, 5.41) is 13.9. The van der Waals surface area contributed by atoms with E-state index in [2.05, 4.69) is 16.1 Å². The Hall–Kier alpha value is -2.92. The highest BCUT2D eigenvalue weighted by Crippen LogP contribution is 2.27. The van der Waals surface area contributed by atoms with E-state index in [4.69, 9.17) is 9.72 Å². The average molecular weight is 394 g/mol. The van der Waals surface area contributed by atoms with Gasteiger partial charge in [0.2, 0.25) is 0 Å². The van der Waals surface area contributed by atoms with Crippen molar-refractivity contribution in [1.29, 1.82) is 5.26 Å². The summed E-state index contributed by atoms with van der Waals surface area (Å²) in [5.74, 6) is 0.720. The first kappa shape index (κ1) is 19.4. The molecular formula is C21H26N6O2. The van der Waals surface area contributed by atoms with Crippen molar-refractivity contribution in [3.8, 4) is 6.07 Å². The number of hydrogen-bond acceptors (Lipinski definition) is 6. The third-order valence-electron chi connectivity index (χ3n) is 6.00. The van der Waals surface area contributed by atoms with Gasteiger partial charge in [0, 0.05) is 50.9 Å². The summed E-state index contributed by atoms with van der Waals surface area (Å²) < 4.78 is 7.20. The van der Waals surface area contributed by atoms with Crippen LogP contribution in [0.25, 0.3) is 0 Å². The third kappa shape index (κ3) is 3.70. The van der Waals surface area contributed by atoms with Gasteiger partial charge in [0.15, 0.2) is 5.69 Å². The molecule has 4 heterocycles. The van der Waals surface area contributed by atoms with Crippen LogP contribution < -0.4 is 4.90 Å². The molecule has 0 unspecified atom stereocenters.